The minimum absolute atomic E-state index is 0.145. The molecule has 4 aromatic rings. The summed E-state index contributed by atoms with van der Waals surface area (Å²) in [6.07, 6.45) is 9.28. The molecule has 0 fully saturated rings. The molecule has 1 aromatic carbocycles. The van der Waals surface area contributed by atoms with E-state index in [-0.39, 0.29) is 17.8 Å². The van der Waals surface area contributed by atoms with Crippen molar-refractivity contribution >= 4 is 28.6 Å². The van der Waals surface area contributed by atoms with Gasteiger partial charge in [0.25, 0.3) is 5.91 Å². The third-order valence-corrected chi connectivity index (χ3v) is 5.54. The smallest absolute Gasteiger partial charge is 0.254 e. The van der Waals surface area contributed by atoms with Gasteiger partial charge in [-0.25, -0.2) is 14.1 Å². The van der Waals surface area contributed by atoms with Crippen molar-refractivity contribution < 1.29 is 9.18 Å². The van der Waals surface area contributed by atoms with E-state index in [0.717, 1.165) is 17.0 Å². The van der Waals surface area contributed by atoms with E-state index >= 15 is 0 Å². The number of hydrogen-bond acceptors (Lipinski definition) is 5. The van der Waals surface area contributed by atoms with Gasteiger partial charge in [-0.05, 0) is 54.6 Å². The first-order chi connectivity index (χ1) is 14.6. The van der Waals surface area contributed by atoms with Crippen molar-refractivity contribution in [3.63, 3.8) is 0 Å². The molecular weight excluding hydrogens is 401 g/mol. The Hall–Kier alpha value is -3.26. The predicted octanol–water partition coefficient (Wildman–Crippen LogP) is 4.56. The summed E-state index contributed by atoms with van der Waals surface area (Å²) in [7, 11) is 0. The summed E-state index contributed by atoms with van der Waals surface area (Å²) in [6.45, 7) is 2.02. The fourth-order valence-corrected chi connectivity index (χ4v) is 3.74. The Morgan fingerprint density at radius 1 is 1.20 bits per heavy atom. The Bertz CT molecular complexity index is 1190. The topological polar surface area (TPSA) is 72.7 Å². The summed E-state index contributed by atoms with van der Waals surface area (Å²) in [6, 6.07) is 9.77. The molecule has 0 unspecified atom stereocenters. The molecule has 1 N–H and O–H groups in total. The van der Waals surface area contributed by atoms with Crippen LogP contribution < -0.4 is 5.32 Å². The Labute approximate surface area is 177 Å². The van der Waals surface area contributed by atoms with Gasteiger partial charge in [0, 0.05) is 17.8 Å². The van der Waals surface area contributed by atoms with Crippen LogP contribution in [-0.2, 0) is 0 Å². The molecule has 0 aliphatic rings. The number of hydrogen-bond donors (Lipinski definition) is 1. The van der Waals surface area contributed by atoms with E-state index in [0.29, 0.717) is 22.2 Å². The molecule has 6 nitrogen and oxygen atoms in total. The number of pyridine rings is 2. The van der Waals surface area contributed by atoms with Gasteiger partial charge >= 0.3 is 0 Å². The number of carbonyl (C=O) groups excluding carboxylic acids is 1. The average molecular weight is 422 g/mol. The summed E-state index contributed by atoms with van der Waals surface area (Å²) >= 11 is 1.56. The lowest BCUT2D eigenvalue weighted by atomic mass is 10.1. The fourth-order valence-electron chi connectivity index (χ4n) is 3.32. The van der Waals surface area contributed by atoms with Crippen LogP contribution in [0.3, 0.4) is 0 Å². The van der Waals surface area contributed by atoms with Gasteiger partial charge in [0.05, 0.1) is 40.2 Å². The van der Waals surface area contributed by atoms with Crippen LogP contribution in [0.5, 0.6) is 0 Å². The molecule has 1 amide bonds. The highest BCUT2D eigenvalue weighted by atomic mass is 32.2. The molecule has 3 heterocycles. The summed E-state index contributed by atoms with van der Waals surface area (Å²) < 4.78 is 14.9. The van der Waals surface area contributed by atoms with Gasteiger partial charge in [-0.2, -0.15) is 5.10 Å². The molecular formula is C22H20FN5OS. The number of carbonyl (C=O) groups is 1. The normalized spacial score (nSPS) is 12.1. The van der Waals surface area contributed by atoms with Gasteiger partial charge in [0.15, 0.2) is 0 Å². The molecule has 0 spiro atoms. The standard InChI is InChI=1S/C22H20FN5OS/c1-3-19(14-8-9-25-21(10-14)30-2)27-22(29)18-11-24-13-20-17(18)12-26-28(20)16-6-4-15(23)5-7-16/h4-13,19H,3H2,1-2H3,(H,27,29)/t19-/m0/s1. The summed E-state index contributed by atoms with van der Waals surface area (Å²) in [5.41, 5.74) is 2.82. The van der Waals surface area contributed by atoms with E-state index in [4.69, 9.17) is 0 Å². The molecule has 1 atom stereocenters. The van der Waals surface area contributed by atoms with Crippen LogP contribution in [0.1, 0.15) is 35.3 Å². The zero-order chi connectivity index (χ0) is 21.1. The highest BCUT2D eigenvalue weighted by Crippen LogP contribution is 2.24. The first kappa shape index (κ1) is 20.0. The summed E-state index contributed by atoms with van der Waals surface area (Å²) in [5.74, 6) is -0.541. The van der Waals surface area contributed by atoms with E-state index in [1.807, 2.05) is 25.3 Å². The van der Waals surface area contributed by atoms with Gasteiger partial charge in [-0.15, -0.1) is 11.8 Å². The lowest BCUT2D eigenvalue weighted by Crippen LogP contribution is -2.28. The minimum Gasteiger partial charge on any atom is -0.345 e. The van der Waals surface area contributed by atoms with Gasteiger partial charge in [0.1, 0.15) is 5.82 Å². The zero-order valence-corrected chi connectivity index (χ0v) is 17.4. The largest absolute Gasteiger partial charge is 0.345 e. The Balaban J connectivity index is 1.65. The number of benzene rings is 1. The van der Waals surface area contributed by atoms with Crippen molar-refractivity contribution in [3.8, 4) is 5.69 Å². The van der Waals surface area contributed by atoms with E-state index < -0.39 is 0 Å². The number of fused-ring (bicyclic) bond motifs is 1. The second-order valence-corrected chi connectivity index (χ2v) is 7.55. The number of rotatable bonds is 6. The Kier molecular flexibility index (Phi) is 5.76. The molecule has 0 bridgehead atoms. The third kappa shape index (κ3) is 3.91. The number of thioether (sulfide) groups is 1. The van der Waals surface area contributed by atoms with Gasteiger partial charge in [-0.3, -0.25) is 9.78 Å². The van der Waals surface area contributed by atoms with Crippen LogP contribution in [0.4, 0.5) is 4.39 Å². The number of aromatic nitrogens is 4. The zero-order valence-electron chi connectivity index (χ0n) is 16.5. The second-order valence-electron chi connectivity index (χ2n) is 6.72. The van der Waals surface area contributed by atoms with E-state index in [1.165, 1.54) is 12.1 Å². The predicted molar refractivity (Wildman–Crippen MR) is 115 cm³/mol. The van der Waals surface area contributed by atoms with Gasteiger partial charge in [0.2, 0.25) is 0 Å². The van der Waals surface area contributed by atoms with Crippen LogP contribution in [-0.4, -0.2) is 31.9 Å². The van der Waals surface area contributed by atoms with Crippen molar-refractivity contribution in [3.05, 3.63) is 78.1 Å². The molecule has 3 aromatic heterocycles. The molecule has 152 valence electrons. The monoisotopic (exact) mass is 421 g/mol. The van der Waals surface area contributed by atoms with Crippen LogP contribution in [0.2, 0.25) is 0 Å². The second kappa shape index (κ2) is 8.62. The van der Waals surface area contributed by atoms with Crippen LogP contribution in [0.15, 0.2) is 66.2 Å². The maximum absolute atomic E-state index is 13.3. The molecule has 0 radical (unpaired) electrons. The first-order valence-corrected chi connectivity index (χ1v) is 10.7. The highest BCUT2D eigenvalue weighted by Gasteiger charge is 2.19. The minimum atomic E-state index is -0.320. The fraction of sp³-hybridized carbons (Fsp3) is 0.182. The Morgan fingerprint density at radius 2 is 2.00 bits per heavy atom. The number of amides is 1. The van der Waals surface area contributed by atoms with E-state index in [2.05, 4.69) is 20.4 Å². The number of nitrogens with zero attached hydrogens (tertiary/aromatic N) is 4. The highest BCUT2D eigenvalue weighted by molar-refractivity contribution is 7.98. The van der Waals surface area contributed by atoms with E-state index in [9.17, 15) is 9.18 Å². The molecule has 30 heavy (non-hydrogen) atoms. The molecule has 0 aliphatic carbocycles. The SMILES string of the molecule is CC[C@H](NC(=O)c1cncc2c1cnn2-c1ccc(F)cc1)c1ccnc(SC)c1. The first-order valence-electron chi connectivity index (χ1n) is 9.49. The maximum Gasteiger partial charge on any atom is 0.254 e. The van der Waals surface area contributed by atoms with Crippen molar-refractivity contribution in [2.75, 3.05) is 6.26 Å². The van der Waals surface area contributed by atoms with Crippen molar-refractivity contribution in [1.29, 1.82) is 0 Å². The number of nitrogens with one attached hydrogen (secondary N) is 1. The molecule has 0 saturated carbocycles. The lowest BCUT2D eigenvalue weighted by Gasteiger charge is -2.18. The van der Waals surface area contributed by atoms with Crippen molar-refractivity contribution in [1.82, 2.24) is 25.1 Å². The number of halogens is 1. The molecule has 8 heteroatoms. The summed E-state index contributed by atoms with van der Waals surface area (Å²) in [5, 5.41) is 9.07. The molecule has 0 saturated heterocycles. The van der Waals surface area contributed by atoms with Gasteiger partial charge in [-0.1, -0.05) is 6.92 Å². The lowest BCUT2D eigenvalue weighted by molar-refractivity contribution is 0.0937. The van der Waals surface area contributed by atoms with Crippen molar-refractivity contribution in [2.45, 2.75) is 24.4 Å². The molecule has 0 aliphatic heterocycles. The van der Waals surface area contributed by atoms with Crippen LogP contribution in [0.25, 0.3) is 16.6 Å². The molecule has 4 rings (SSSR count). The average Bonchev–Trinajstić information content (AvgIpc) is 3.22. The van der Waals surface area contributed by atoms with Crippen LogP contribution >= 0.6 is 11.8 Å². The van der Waals surface area contributed by atoms with Crippen molar-refractivity contribution in [2.24, 2.45) is 0 Å². The van der Waals surface area contributed by atoms with Gasteiger partial charge < -0.3 is 5.32 Å². The maximum atomic E-state index is 13.3. The third-order valence-electron chi connectivity index (χ3n) is 4.90. The quantitative estimate of drug-likeness (QED) is 0.462. The Morgan fingerprint density at radius 3 is 2.73 bits per heavy atom. The van der Waals surface area contributed by atoms with E-state index in [1.54, 1.807) is 53.4 Å². The van der Waals surface area contributed by atoms with Crippen LogP contribution in [0, 0.1) is 5.82 Å². The summed E-state index contributed by atoms with van der Waals surface area (Å²) in [4.78, 5) is 21.6.